The first kappa shape index (κ1) is 12.7. The van der Waals surface area contributed by atoms with Gasteiger partial charge < -0.3 is 10.1 Å². The molecule has 90 valence electrons. The van der Waals surface area contributed by atoms with Gasteiger partial charge in [0.2, 0.25) is 0 Å². The molecule has 0 bridgehead atoms. The van der Waals surface area contributed by atoms with Crippen molar-refractivity contribution in [2.24, 2.45) is 0 Å². The molecule has 0 heterocycles. The first-order chi connectivity index (χ1) is 8.02. The molecule has 0 fully saturated rings. The molecule has 1 aromatic carbocycles. The maximum absolute atomic E-state index is 11.4. The third-order valence-corrected chi connectivity index (χ3v) is 1.98. The van der Waals surface area contributed by atoms with Gasteiger partial charge in [-0.1, -0.05) is 6.07 Å². The van der Waals surface area contributed by atoms with Crippen LogP contribution in [0.3, 0.4) is 0 Å². The summed E-state index contributed by atoms with van der Waals surface area (Å²) in [6, 6.07) is 5.71. The molecule has 1 N–H and O–H groups in total. The van der Waals surface area contributed by atoms with Crippen LogP contribution in [0.25, 0.3) is 0 Å². The van der Waals surface area contributed by atoms with Crippen LogP contribution in [0, 0.1) is 10.1 Å². The fraction of sp³-hybridized carbons (Fsp3) is 0.182. The van der Waals surface area contributed by atoms with Gasteiger partial charge in [-0.2, -0.15) is 0 Å². The van der Waals surface area contributed by atoms with Crippen molar-refractivity contribution in [1.82, 2.24) is 0 Å². The first-order valence-corrected chi connectivity index (χ1v) is 4.80. The smallest absolute Gasteiger partial charge is 0.271 e. The van der Waals surface area contributed by atoms with Crippen molar-refractivity contribution in [3.8, 4) is 0 Å². The van der Waals surface area contributed by atoms with Crippen LogP contribution in [0.15, 0.2) is 36.1 Å². The number of nitrogens with zero attached hydrogens (tertiary/aromatic N) is 1. The number of hydrogen-bond acceptors (Lipinski definition) is 4. The molecule has 0 aliphatic carbocycles. The number of benzene rings is 1. The van der Waals surface area contributed by atoms with Crippen LogP contribution in [0.4, 0.5) is 11.4 Å². The molecular weight excluding hydrogens is 224 g/mol. The normalized spacial score (nSPS) is 10.8. The fourth-order valence-electron chi connectivity index (χ4n) is 1.12. The standard InChI is InChI=1S/C11H12N2O4/c1-8(17-2)6-11(14)12-9-4-3-5-10(7-9)13(15)16/h3-7H,1-2H3,(H,12,14). The topological polar surface area (TPSA) is 81.5 Å². The van der Waals surface area contributed by atoms with E-state index < -0.39 is 10.8 Å². The largest absolute Gasteiger partial charge is 0.501 e. The van der Waals surface area contributed by atoms with Crippen molar-refractivity contribution in [3.05, 3.63) is 46.2 Å². The Kier molecular flexibility index (Phi) is 4.21. The minimum Gasteiger partial charge on any atom is -0.501 e. The number of nitro benzene ring substituents is 1. The lowest BCUT2D eigenvalue weighted by molar-refractivity contribution is -0.384. The van der Waals surface area contributed by atoms with Gasteiger partial charge in [-0.25, -0.2) is 0 Å². The number of rotatable bonds is 4. The monoisotopic (exact) mass is 236 g/mol. The van der Waals surface area contributed by atoms with Gasteiger partial charge in [0.15, 0.2) is 0 Å². The average molecular weight is 236 g/mol. The zero-order chi connectivity index (χ0) is 12.8. The van der Waals surface area contributed by atoms with E-state index in [1.165, 1.54) is 31.4 Å². The Morgan fingerprint density at radius 1 is 1.53 bits per heavy atom. The fourth-order valence-corrected chi connectivity index (χ4v) is 1.12. The van der Waals surface area contributed by atoms with Gasteiger partial charge in [-0.15, -0.1) is 0 Å². The van der Waals surface area contributed by atoms with Crippen molar-refractivity contribution >= 4 is 17.3 Å². The average Bonchev–Trinajstić information content (AvgIpc) is 2.28. The predicted octanol–water partition coefficient (Wildman–Crippen LogP) is 2.08. The second-order valence-corrected chi connectivity index (χ2v) is 3.26. The number of non-ortho nitro benzene ring substituents is 1. The number of carbonyl (C=O) groups is 1. The van der Waals surface area contributed by atoms with Gasteiger partial charge in [0.25, 0.3) is 11.6 Å². The van der Waals surface area contributed by atoms with Gasteiger partial charge in [-0.3, -0.25) is 14.9 Å². The van der Waals surface area contributed by atoms with Crippen molar-refractivity contribution in [3.63, 3.8) is 0 Å². The van der Waals surface area contributed by atoms with Crippen LogP contribution in [0.1, 0.15) is 6.92 Å². The van der Waals surface area contributed by atoms with E-state index in [0.717, 1.165) is 0 Å². The van der Waals surface area contributed by atoms with Crippen molar-refractivity contribution < 1.29 is 14.5 Å². The van der Waals surface area contributed by atoms with Crippen LogP contribution >= 0.6 is 0 Å². The van der Waals surface area contributed by atoms with Crippen LogP contribution < -0.4 is 5.32 Å². The summed E-state index contributed by atoms with van der Waals surface area (Å²) in [5.41, 5.74) is 0.291. The van der Waals surface area contributed by atoms with E-state index in [2.05, 4.69) is 5.32 Å². The highest BCUT2D eigenvalue weighted by molar-refractivity contribution is 5.99. The molecular formula is C11H12N2O4. The van der Waals surface area contributed by atoms with Gasteiger partial charge in [-0.05, 0) is 13.0 Å². The molecule has 1 rings (SSSR count). The number of allylic oxidation sites excluding steroid dienone is 1. The first-order valence-electron chi connectivity index (χ1n) is 4.80. The minimum absolute atomic E-state index is 0.0738. The Morgan fingerprint density at radius 2 is 2.24 bits per heavy atom. The lowest BCUT2D eigenvalue weighted by Crippen LogP contribution is -2.09. The number of hydrogen-bond donors (Lipinski definition) is 1. The molecule has 0 spiro atoms. The molecule has 1 aromatic rings. The molecule has 0 aliphatic heterocycles. The zero-order valence-corrected chi connectivity index (χ0v) is 9.47. The molecule has 6 heteroatoms. The summed E-state index contributed by atoms with van der Waals surface area (Å²) in [6.07, 6.45) is 1.26. The number of methoxy groups -OCH3 is 1. The van der Waals surface area contributed by atoms with Crippen molar-refractivity contribution in [2.75, 3.05) is 12.4 Å². The summed E-state index contributed by atoms with van der Waals surface area (Å²) >= 11 is 0. The summed E-state index contributed by atoms with van der Waals surface area (Å²) < 4.78 is 4.81. The number of carbonyl (C=O) groups excluding carboxylic acids is 1. The Labute approximate surface area is 98.0 Å². The molecule has 0 saturated carbocycles. The molecule has 0 atom stereocenters. The van der Waals surface area contributed by atoms with E-state index in [9.17, 15) is 14.9 Å². The number of nitro groups is 1. The lowest BCUT2D eigenvalue weighted by atomic mass is 10.3. The van der Waals surface area contributed by atoms with E-state index in [0.29, 0.717) is 11.4 Å². The molecule has 0 radical (unpaired) electrons. The van der Waals surface area contributed by atoms with Gasteiger partial charge in [0, 0.05) is 23.9 Å². The van der Waals surface area contributed by atoms with Gasteiger partial charge in [0.1, 0.15) is 0 Å². The Balaban J connectivity index is 2.79. The number of nitrogens with one attached hydrogen (secondary N) is 1. The summed E-state index contributed by atoms with van der Waals surface area (Å²) in [5, 5.41) is 13.0. The summed E-state index contributed by atoms with van der Waals surface area (Å²) in [5.74, 6) is 0.0535. The maximum Gasteiger partial charge on any atom is 0.271 e. The highest BCUT2D eigenvalue weighted by atomic mass is 16.6. The third kappa shape index (κ3) is 3.94. The lowest BCUT2D eigenvalue weighted by Gasteiger charge is -2.03. The molecule has 0 aromatic heterocycles. The minimum atomic E-state index is -0.522. The molecule has 0 aliphatic rings. The van der Waals surface area contributed by atoms with E-state index in [1.54, 1.807) is 13.0 Å². The van der Waals surface area contributed by atoms with Gasteiger partial charge in [0.05, 0.1) is 17.8 Å². The highest BCUT2D eigenvalue weighted by Gasteiger charge is 2.07. The number of anilines is 1. The molecule has 0 unspecified atom stereocenters. The Bertz CT molecular complexity index is 468. The summed E-state index contributed by atoms with van der Waals surface area (Å²) in [4.78, 5) is 21.4. The second-order valence-electron chi connectivity index (χ2n) is 3.26. The van der Waals surface area contributed by atoms with Crippen LogP contribution in [0.2, 0.25) is 0 Å². The molecule has 6 nitrogen and oxygen atoms in total. The molecule has 0 saturated heterocycles. The van der Waals surface area contributed by atoms with E-state index >= 15 is 0 Å². The van der Waals surface area contributed by atoms with Crippen molar-refractivity contribution in [1.29, 1.82) is 0 Å². The summed E-state index contributed by atoms with van der Waals surface area (Å²) in [7, 11) is 1.45. The quantitative estimate of drug-likeness (QED) is 0.375. The summed E-state index contributed by atoms with van der Waals surface area (Å²) in [6.45, 7) is 1.63. The highest BCUT2D eigenvalue weighted by Crippen LogP contribution is 2.16. The zero-order valence-electron chi connectivity index (χ0n) is 9.47. The van der Waals surface area contributed by atoms with Crippen LogP contribution in [0.5, 0.6) is 0 Å². The van der Waals surface area contributed by atoms with Crippen LogP contribution in [-0.4, -0.2) is 17.9 Å². The number of amides is 1. The van der Waals surface area contributed by atoms with Crippen LogP contribution in [-0.2, 0) is 9.53 Å². The third-order valence-electron chi connectivity index (χ3n) is 1.98. The van der Waals surface area contributed by atoms with E-state index in [-0.39, 0.29) is 5.69 Å². The van der Waals surface area contributed by atoms with Gasteiger partial charge >= 0.3 is 0 Å². The maximum atomic E-state index is 11.4. The predicted molar refractivity (Wildman–Crippen MR) is 62.5 cm³/mol. The Hall–Kier alpha value is -2.37. The Morgan fingerprint density at radius 3 is 2.82 bits per heavy atom. The van der Waals surface area contributed by atoms with Crippen molar-refractivity contribution in [2.45, 2.75) is 6.92 Å². The van der Waals surface area contributed by atoms with E-state index in [1.807, 2.05) is 0 Å². The second kappa shape index (κ2) is 5.64. The molecule has 1 amide bonds. The number of ether oxygens (including phenoxy) is 1. The molecule has 17 heavy (non-hydrogen) atoms. The van der Waals surface area contributed by atoms with E-state index in [4.69, 9.17) is 4.74 Å². The SMILES string of the molecule is COC(C)=CC(=O)Nc1cccc([N+](=O)[O-])c1.